The van der Waals surface area contributed by atoms with Gasteiger partial charge in [0.2, 0.25) is 11.8 Å². The summed E-state index contributed by atoms with van der Waals surface area (Å²) in [5, 5.41) is 1.98. The van der Waals surface area contributed by atoms with Gasteiger partial charge in [-0.1, -0.05) is 17.7 Å². The minimum atomic E-state index is -4.54. The molecular formula is C14H10ClF3N4O3. The predicted octanol–water partition coefficient (Wildman–Crippen LogP) is 2.56. The number of aromatic nitrogens is 2. The van der Waals surface area contributed by atoms with Crippen LogP contribution in [0.4, 0.5) is 24.8 Å². The Morgan fingerprint density at radius 1 is 1.36 bits per heavy atom. The monoisotopic (exact) mass is 374 g/mol. The summed E-state index contributed by atoms with van der Waals surface area (Å²) in [7, 11) is 0. The number of ether oxygens (including phenoxy) is 1. The molecule has 1 aromatic heterocycles. The molecule has 0 radical (unpaired) electrons. The molecule has 0 atom stereocenters. The van der Waals surface area contributed by atoms with E-state index in [-0.39, 0.29) is 28.2 Å². The van der Waals surface area contributed by atoms with Crippen LogP contribution in [0.2, 0.25) is 5.15 Å². The van der Waals surface area contributed by atoms with Gasteiger partial charge in [-0.25, -0.2) is 4.98 Å². The number of anilines is 2. The Balaban J connectivity index is 2.06. The van der Waals surface area contributed by atoms with Crippen molar-refractivity contribution in [1.82, 2.24) is 9.97 Å². The van der Waals surface area contributed by atoms with Crippen LogP contribution in [-0.2, 0) is 11.0 Å². The molecule has 3 N–H and O–H groups in total. The highest BCUT2D eigenvalue weighted by molar-refractivity contribution is 6.32. The fourth-order valence-corrected chi connectivity index (χ4v) is 1.96. The number of carbonyl (C=O) groups is 2. The molecule has 7 nitrogen and oxygen atoms in total. The van der Waals surface area contributed by atoms with Crippen molar-refractivity contribution in [2.75, 3.05) is 17.7 Å². The largest absolute Gasteiger partial charge is 0.467 e. The van der Waals surface area contributed by atoms with E-state index in [1.807, 2.05) is 0 Å². The molecule has 0 bridgehead atoms. The summed E-state index contributed by atoms with van der Waals surface area (Å²) < 4.78 is 42.9. The summed E-state index contributed by atoms with van der Waals surface area (Å²) in [4.78, 5) is 29.9. The smallest absolute Gasteiger partial charge is 0.416 e. The number of benzene rings is 1. The topological polar surface area (TPSA) is 107 Å². The number of alkyl halides is 3. The van der Waals surface area contributed by atoms with E-state index in [1.54, 1.807) is 0 Å². The predicted molar refractivity (Wildman–Crippen MR) is 82.4 cm³/mol. The Bertz CT molecular complexity index is 814. The van der Waals surface area contributed by atoms with E-state index in [4.69, 9.17) is 22.1 Å². The summed E-state index contributed by atoms with van der Waals surface area (Å²) in [5.41, 5.74) is 4.17. The fourth-order valence-electron chi connectivity index (χ4n) is 1.75. The average Bonchev–Trinajstić information content (AvgIpc) is 2.52. The molecule has 1 amide bonds. The molecule has 1 heterocycles. The zero-order valence-corrected chi connectivity index (χ0v) is 13.1. The minimum absolute atomic E-state index is 0.0701. The summed E-state index contributed by atoms with van der Waals surface area (Å²) in [6, 6.07) is 4.07. The van der Waals surface area contributed by atoms with Crippen LogP contribution in [0.25, 0.3) is 0 Å². The second kappa shape index (κ2) is 7.34. The molecule has 132 valence electrons. The van der Waals surface area contributed by atoms with Gasteiger partial charge in [-0.2, -0.15) is 18.2 Å². The molecule has 25 heavy (non-hydrogen) atoms. The van der Waals surface area contributed by atoms with Crippen molar-refractivity contribution < 1.29 is 27.5 Å². The van der Waals surface area contributed by atoms with Crippen LogP contribution in [0.15, 0.2) is 24.3 Å². The molecule has 0 spiro atoms. The fraction of sp³-hybridized carbons (Fsp3) is 0.143. The molecule has 0 unspecified atom stereocenters. The second-order valence-corrected chi connectivity index (χ2v) is 4.98. The normalized spacial score (nSPS) is 11.0. The lowest BCUT2D eigenvalue weighted by atomic mass is 10.2. The number of halogens is 4. The third-order valence-corrected chi connectivity index (χ3v) is 3.10. The molecule has 11 heteroatoms. The van der Waals surface area contributed by atoms with Gasteiger partial charge >= 0.3 is 6.18 Å². The Kier molecular flexibility index (Phi) is 5.42. The summed E-state index contributed by atoms with van der Waals surface area (Å²) in [6.07, 6.45) is -4.22. The first kappa shape index (κ1) is 18.5. The van der Waals surface area contributed by atoms with Crippen LogP contribution in [-0.4, -0.2) is 28.8 Å². The van der Waals surface area contributed by atoms with Gasteiger partial charge in [0, 0.05) is 5.69 Å². The number of hydrogen-bond donors (Lipinski definition) is 2. The SMILES string of the molecule is Nc1nc(Cl)c(C=O)c(OCC(=O)Nc2cccc(C(F)(F)F)c2)n1. The number of nitrogens with zero attached hydrogens (tertiary/aromatic N) is 2. The molecule has 1 aromatic carbocycles. The van der Waals surface area contributed by atoms with Crippen LogP contribution < -0.4 is 15.8 Å². The zero-order valence-electron chi connectivity index (χ0n) is 12.3. The molecule has 2 rings (SSSR count). The van der Waals surface area contributed by atoms with Gasteiger partial charge in [0.15, 0.2) is 12.9 Å². The quantitative estimate of drug-likeness (QED) is 0.615. The highest BCUT2D eigenvalue weighted by Crippen LogP contribution is 2.30. The Labute approximate surface area is 144 Å². The molecule has 2 aromatic rings. The first-order chi connectivity index (χ1) is 11.7. The van der Waals surface area contributed by atoms with Crippen molar-refractivity contribution in [2.45, 2.75) is 6.18 Å². The number of carbonyl (C=O) groups excluding carboxylic acids is 2. The summed E-state index contributed by atoms with van der Waals surface area (Å²) in [6.45, 7) is -0.635. The third-order valence-electron chi connectivity index (χ3n) is 2.81. The molecule has 0 saturated heterocycles. The molecule has 0 aliphatic rings. The Morgan fingerprint density at radius 2 is 2.08 bits per heavy atom. The van der Waals surface area contributed by atoms with Gasteiger partial charge in [0.05, 0.1) is 5.56 Å². The lowest BCUT2D eigenvalue weighted by molar-refractivity contribution is -0.137. The van der Waals surface area contributed by atoms with E-state index in [1.165, 1.54) is 6.07 Å². The van der Waals surface area contributed by atoms with Crippen molar-refractivity contribution in [3.8, 4) is 5.88 Å². The van der Waals surface area contributed by atoms with Gasteiger partial charge < -0.3 is 15.8 Å². The maximum absolute atomic E-state index is 12.6. The van der Waals surface area contributed by atoms with Gasteiger partial charge in [0.25, 0.3) is 5.91 Å². The molecule has 0 fully saturated rings. The standard InChI is InChI=1S/C14H10ClF3N4O3/c15-11-9(5-23)12(22-13(19)21-11)25-6-10(24)20-8-3-1-2-7(4-8)14(16,17)18/h1-5H,6H2,(H,20,24)(H2,19,21,22). The molecule has 0 aliphatic carbocycles. The number of nitrogens with two attached hydrogens (primary N) is 1. The van der Waals surface area contributed by atoms with Crippen LogP contribution >= 0.6 is 11.6 Å². The van der Waals surface area contributed by atoms with Crippen molar-refractivity contribution in [1.29, 1.82) is 0 Å². The van der Waals surface area contributed by atoms with Crippen LogP contribution in [0.5, 0.6) is 5.88 Å². The highest BCUT2D eigenvalue weighted by Gasteiger charge is 2.30. The van der Waals surface area contributed by atoms with Crippen LogP contribution in [0, 0.1) is 0 Å². The minimum Gasteiger partial charge on any atom is -0.467 e. The van der Waals surface area contributed by atoms with Gasteiger partial charge in [-0.05, 0) is 18.2 Å². The summed E-state index contributed by atoms with van der Waals surface area (Å²) >= 11 is 5.69. The van der Waals surface area contributed by atoms with E-state index in [0.717, 1.165) is 18.2 Å². The number of hydrogen-bond acceptors (Lipinski definition) is 6. The zero-order chi connectivity index (χ0) is 18.6. The first-order valence-corrected chi connectivity index (χ1v) is 6.96. The maximum atomic E-state index is 12.6. The Morgan fingerprint density at radius 3 is 2.72 bits per heavy atom. The van der Waals surface area contributed by atoms with Crippen LogP contribution in [0.1, 0.15) is 15.9 Å². The number of nitrogen functional groups attached to an aromatic ring is 1. The number of amides is 1. The van der Waals surface area contributed by atoms with E-state index >= 15 is 0 Å². The summed E-state index contributed by atoms with van der Waals surface area (Å²) in [5.74, 6) is -1.36. The average molecular weight is 375 g/mol. The number of aldehydes is 1. The van der Waals surface area contributed by atoms with Gasteiger partial charge in [0.1, 0.15) is 10.7 Å². The number of nitrogens with one attached hydrogen (secondary N) is 1. The lowest BCUT2D eigenvalue weighted by Gasteiger charge is -2.11. The second-order valence-electron chi connectivity index (χ2n) is 4.62. The van der Waals surface area contributed by atoms with E-state index in [2.05, 4.69) is 15.3 Å². The van der Waals surface area contributed by atoms with Gasteiger partial charge in [-0.15, -0.1) is 0 Å². The van der Waals surface area contributed by atoms with Crippen molar-refractivity contribution in [3.05, 3.63) is 40.5 Å². The van der Waals surface area contributed by atoms with E-state index in [0.29, 0.717) is 6.29 Å². The first-order valence-electron chi connectivity index (χ1n) is 6.59. The molecule has 0 aliphatic heterocycles. The Hall–Kier alpha value is -2.88. The molecule has 0 saturated carbocycles. The van der Waals surface area contributed by atoms with Crippen molar-refractivity contribution in [2.24, 2.45) is 0 Å². The lowest BCUT2D eigenvalue weighted by Crippen LogP contribution is -2.21. The number of rotatable bonds is 5. The highest BCUT2D eigenvalue weighted by atomic mass is 35.5. The van der Waals surface area contributed by atoms with Crippen molar-refractivity contribution >= 4 is 35.4 Å². The third kappa shape index (κ3) is 4.80. The van der Waals surface area contributed by atoms with E-state index in [9.17, 15) is 22.8 Å². The van der Waals surface area contributed by atoms with Gasteiger partial charge in [-0.3, -0.25) is 9.59 Å². The molecular weight excluding hydrogens is 365 g/mol. The van der Waals surface area contributed by atoms with E-state index < -0.39 is 24.3 Å². The van der Waals surface area contributed by atoms with Crippen molar-refractivity contribution in [3.63, 3.8) is 0 Å². The maximum Gasteiger partial charge on any atom is 0.416 e. The van der Waals surface area contributed by atoms with Crippen LogP contribution in [0.3, 0.4) is 0 Å².